The van der Waals surface area contributed by atoms with Gasteiger partial charge in [-0.1, -0.05) is 58.7 Å². The van der Waals surface area contributed by atoms with E-state index in [-0.39, 0.29) is 6.04 Å². The first-order chi connectivity index (χ1) is 9.11. The summed E-state index contributed by atoms with van der Waals surface area (Å²) in [5, 5.41) is 4.29. The Morgan fingerprint density at radius 3 is 2.32 bits per heavy atom. The Hall–Kier alpha value is -0.830. The number of benzene rings is 2. The summed E-state index contributed by atoms with van der Waals surface area (Å²) in [6.07, 6.45) is 0. The standard InChI is InChI=1S/C16H17BrClN/c1-3-19-16(12-6-8-14(18)9-7-12)13-5-4-11(2)15(17)10-13/h4-10,16,19H,3H2,1-2H3. The average Bonchev–Trinajstić information content (AvgIpc) is 2.41. The van der Waals surface area contributed by atoms with Gasteiger partial charge in [0.2, 0.25) is 0 Å². The predicted molar refractivity (Wildman–Crippen MR) is 85.9 cm³/mol. The SMILES string of the molecule is CCNC(c1ccc(Cl)cc1)c1ccc(C)c(Br)c1. The molecule has 100 valence electrons. The van der Waals surface area contributed by atoms with Crippen LogP contribution in [0.4, 0.5) is 0 Å². The summed E-state index contributed by atoms with van der Waals surface area (Å²) in [6.45, 7) is 5.13. The molecular weight excluding hydrogens is 322 g/mol. The summed E-state index contributed by atoms with van der Waals surface area (Å²) >= 11 is 9.56. The van der Waals surface area contributed by atoms with Crippen LogP contribution in [0.5, 0.6) is 0 Å². The average molecular weight is 339 g/mol. The summed E-state index contributed by atoms with van der Waals surface area (Å²) in [6, 6.07) is 14.7. The Bertz CT molecular complexity index is 551. The molecule has 0 amide bonds. The van der Waals surface area contributed by atoms with E-state index in [1.807, 2.05) is 12.1 Å². The first-order valence-electron chi connectivity index (χ1n) is 6.36. The van der Waals surface area contributed by atoms with Crippen molar-refractivity contribution in [3.05, 3.63) is 68.7 Å². The van der Waals surface area contributed by atoms with Gasteiger partial charge in [-0.15, -0.1) is 0 Å². The van der Waals surface area contributed by atoms with Crippen LogP contribution >= 0.6 is 27.5 Å². The second kappa shape index (κ2) is 6.56. The van der Waals surface area contributed by atoms with Gasteiger partial charge in [-0.3, -0.25) is 0 Å². The molecule has 3 heteroatoms. The molecule has 2 aromatic carbocycles. The monoisotopic (exact) mass is 337 g/mol. The van der Waals surface area contributed by atoms with Crippen molar-refractivity contribution >= 4 is 27.5 Å². The minimum Gasteiger partial charge on any atom is -0.307 e. The van der Waals surface area contributed by atoms with Crippen LogP contribution in [-0.2, 0) is 0 Å². The summed E-state index contributed by atoms with van der Waals surface area (Å²) in [5.74, 6) is 0. The number of hydrogen-bond acceptors (Lipinski definition) is 1. The predicted octanol–water partition coefficient (Wildman–Crippen LogP) is 5.11. The zero-order valence-corrected chi connectivity index (χ0v) is 13.4. The molecule has 0 fully saturated rings. The lowest BCUT2D eigenvalue weighted by atomic mass is 9.98. The topological polar surface area (TPSA) is 12.0 Å². The molecular formula is C16H17BrClN. The van der Waals surface area contributed by atoms with E-state index in [4.69, 9.17) is 11.6 Å². The van der Waals surface area contributed by atoms with Gasteiger partial charge in [-0.05, 0) is 48.4 Å². The van der Waals surface area contributed by atoms with Crippen LogP contribution in [0.25, 0.3) is 0 Å². The number of halogens is 2. The van der Waals surface area contributed by atoms with E-state index in [0.29, 0.717) is 0 Å². The van der Waals surface area contributed by atoms with Crippen molar-refractivity contribution in [2.75, 3.05) is 6.54 Å². The highest BCUT2D eigenvalue weighted by Crippen LogP contribution is 2.27. The fourth-order valence-corrected chi connectivity index (χ4v) is 2.60. The lowest BCUT2D eigenvalue weighted by Gasteiger charge is -2.20. The largest absolute Gasteiger partial charge is 0.307 e. The van der Waals surface area contributed by atoms with E-state index in [9.17, 15) is 0 Å². The Morgan fingerprint density at radius 1 is 1.11 bits per heavy atom. The van der Waals surface area contributed by atoms with Gasteiger partial charge in [0.15, 0.2) is 0 Å². The van der Waals surface area contributed by atoms with Gasteiger partial charge in [0.1, 0.15) is 0 Å². The molecule has 0 spiro atoms. The number of nitrogens with one attached hydrogen (secondary N) is 1. The molecule has 0 heterocycles. The molecule has 1 unspecified atom stereocenters. The fourth-order valence-electron chi connectivity index (χ4n) is 2.08. The van der Waals surface area contributed by atoms with Gasteiger partial charge < -0.3 is 5.32 Å². The van der Waals surface area contributed by atoms with Gasteiger partial charge in [-0.25, -0.2) is 0 Å². The van der Waals surface area contributed by atoms with Crippen molar-refractivity contribution in [1.29, 1.82) is 0 Å². The quantitative estimate of drug-likeness (QED) is 0.817. The third-order valence-corrected chi connectivity index (χ3v) is 4.25. The van der Waals surface area contributed by atoms with Gasteiger partial charge in [0.25, 0.3) is 0 Å². The zero-order chi connectivity index (χ0) is 13.8. The Kier molecular flexibility index (Phi) is 5.03. The molecule has 1 N–H and O–H groups in total. The molecule has 0 radical (unpaired) electrons. The first-order valence-corrected chi connectivity index (χ1v) is 7.54. The van der Waals surface area contributed by atoms with E-state index >= 15 is 0 Å². The molecule has 0 bridgehead atoms. The molecule has 2 aromatic rings. The van der Waals surface area contributed by atoms with Crippen molar-refractivity contribution < 1.29 is 0 Å². The zero-order valence-electron chi connectivity index (χ0n) is 11.1. The lowest BCUT2D eigenvalue weighted by molar-refractivity contribution is 0.630. The van der Waals surface area contributed by atoms with E-state index in [1.165, 1.54) is 16.7 Å². The minimum atomic E-state index is 0.194. The normalized spacial score (nSPS) is 12.4. The molecule has 2 rings (SSSR count). The van der Waals surface area contributed by atoms with Crippen molar-refractivity contribution in [3.8, 4) is 0 Å². The van der Waals surface area contributed by atoms with Gasteiger partial charge in [-0.2, -0.15) is 0 Å². The van der Waals surface area contributed by atoms with E-state index in [1.54, 1.807) is 0 Å². The van der Waals surface area contributed by atoms with Crippen LogP contribution in [0, 0.1) is 6.92 Å². The summed E-state index contributed by atoms with van der Waals surface area (Å²) < 4.78 is 1.14. The third-order valence-electron chi connectivity index (χ3n) is 3.14. The molecule has 19 heavy (non-hydrogen) atoms. The minimum absolute atomic E-state index is 0.194. The fraction of sp³-hybridized carbons (Fsp3) is 0.250. The molecule has 0 saturated heterocycles. The summed E-state index contributed by atoms with van der Waals surface area (Å²) in [7, 11) is 0. The summed E-state index contributed by atoms with van der Waals surface area (Å²) in [5.41, 5.74) is 3.72. The van der Waals surface area contributed by atoms with Gasteiger partial charge in [0.05, 0.1) is 6.04 Å². The molecule has 0 aliphatic heterocycles. The van der Waals surface area contributed by atoms with Crippen LogP contribution in [0.3, 0.4) is 0 Å². The highest BCUT2D eigenvalue weighted by molar-refractivity contribution is 9.10. The molecule has 0 aliphatic carbocycles. The number of hydrogen-bond donors (Lipinski definition) is 1. The number of aryl methyl sites for hydroxylation is 1. The smallest absolute Gasteiger partial charge is 0.0577 e. The van der Waals surface area contributed by atoms with Crippen molar-refractivity contribution in [3.63, 3.8) is 0 Å². The Labute approximate surface area is 128 Å². The first kappa shape index (κ1) is 14.6. The van der Waals surface area contributed by atoms with Gasteiger partial charge >= 0.3 is 0 Å². The lowest BCUT2D eigenvalue weighted by Crippen LogP contribution is -2.21. The van der Waals surface area contributed by atoms with Crippen molar-refractivity contribution in [1.82, 2.24) is 5.32 Å². The van der Waals surface area contributed by atoms with E-state index < -0.39 is 0 Å². The highest BCUT2D eigenvalue weighted by atomic mass is 79.9. The van der Waals surface area contributed by atoms with E-state index in [2.05, 4.69) is 65.4 Å². The molecule has 1 nitrogen and oxygen atoms in total. The van der Waals surface area contributed by atoms with E-state index in [0.717, 1.165) is 16.0 Å². The van der Waals surface area contributed by atoms with Crippen LogP contribution < -0.4 is 5.32 Å². The van der Waals surface area contributed by atoms with Crippen LogP contribution in [0.15, 0.2) is 46.9 Å². The molecule has 0 aromatic heterocycles. The molecule has 0 aliphatic rings. The van der Waals surface area contributed by atoms with Crippen LogP contribution in [0.2, 0.25) is 5.02 Å². The maximum absolute atomic E-state index is 5.96. The van der Waals surface area contributed by atoms with Crippen LogP contribution in [-0.4, -0.2) is 6.54 Å². The molecule has 1 atom stereocenters. The Balaban J connectivity index is 2.38. The summed E-state index contributed by atoms with van der Waals surface area (Å²) in [4.78, 5) is 0. The van der Waals surface area contributed by atoms with Crippen molar-refractivity contribution in [2.24, 2.45) is 0 Å². The number of rotatable bonds is 4. The highest BCUT2D eigenvalue weighted by Gasteiger charge is 2.13. The van der Waals surface area contributed by atoms with Gasteiger partial charge in [0, 0.05) is 9.50 Å². The van der Waals surface area contributed by atoms with Crippen molar-refractivity contribution in [2.45, 2.75) is 19.9 Å². The second-order valence-electron chi connectivity index (χ2n) is 4.55. The second-order valence-corrected chi connectivity index (χ2v) is 5.84. The molecule has 0 saturated carbocycles. The van der Waals surface area contributed by atoms with Crippen LogP contribution in [0.1, 0.15) is 29.7 Å². The third kappa shape index (κ3) is 3.59. The maximum atomic E-state index is 5.96. The Morgan fingerprint density at radius 2 is 1.74 bits per heavy atom. The maximum Gasteiger partial charge on any atom is 0.0577 e.